The Balaban J connectivity index is 0. The highest BCUT2D eigenvalue weighted by Gasteiger charge is 1.98. The number of hydrogen-bond donors (Lipinski definition) is 0. The van der Waals surface area contributed by atoms with Crippen molar-refractivity contribution in [1.82, 2.24) is 0 Å². The van der Waals surface area contributed by atoms with Crippen LogP contribution in [-0.2, 0) is 0 Å². The number of aryl methyl sites for hydroxylation is 1. The summed E-state index contributed by atoms with van der Waals surface area (Å²) >= 11 is 0. The Hall–Kier alpha value is -0.350. The second-order valence-electron chi connectivity index (χ2n) is 2.68. The number of benzene rings is 1. The van der Waals surface area contributed by atoms with Gasteiger partial charge >= 0.3 is 0 Å². The zero-order chi connectivity index (χ0) is 7.56. The molecule has 12 heavy (non-hydrogen) atoms. The quantitative estimate of drug-likeness (QED) is 0.584. The minimum atomic E-state index is 0. The standard InChI is InChI=1S/C9H13P.2CH4/c1-8-6-4-5-7-9(8)10(2)3;;/h4-7H,1-3H3;2*1H4. The molecule has 0 aliphatic heterocycles. The molecule has 0 heterocycles. The number of hydrogen-bond acceptors (Lipinski definition) is 0. The molecule has 0 saturated carbocycles. The van der Waals surface area contributed by atoms with E-state index in [1.807, 2.05) is 0 Å². The smallest absolute Gasteiger partial charge is 0.0217 e. The molecule has 0 saturated heterocycles. The molecule has 0 nitrogen and oxygen atoms in total. The SMILES string of the molecule is C.C.Cc1ccccc1P(C)C. The van der Waals surface area contributed by atoms with Crippen molar-refractivity contribution in [1.29, 1.82) is 0 Å². The van der Waals surface area contributed by atoms with Crippen LogP contribution in [-0.4, -0.2) is 13.3 Å². The molecule has 0 aliphatic rings. The molecule has 0 spiro atoms. The van der Waals surface area contributed by atoms with E-state index in [9.17, 15) is 0 Å². The van der Waals surface area contributed by atoms with Crippen LogP contribution in [0.3, 0.4) is 0 Å². The van der Waals surface area contributed by atoms with Gasteiger partial charge in [0, 0.05) is 0 Å². The van der Waals surface area contributed by atoms with Crippen molar-refractivity contribution in [3.63, 3.8) is 0 Å². The van der Waals surface area contributed by atoms with Crippen molar-refractivity contribution in [2.24, 2.45) is 0 Å². The van der Waals surface area contributed by atoms with Crippen LogP contribution in [0.25, 0.3) is 0 Å². The summed E-state index contributed by atoms with van der Waals surface area (Å²) in [4.78, 5) is 0. The highest BCUT2D eigenvalue weighted by Crippen LogP contribution is 2.24. The van der Waals surface area contributed by atoms with Gasteiger partial charge in [0.05, 0.1) is 0 Å². The minimum absolute atomic E-state index is 0. The van der Waals surface area contributed by atoms with Gasteiger partial charge in [0.1, 0.15) is 0 Å². The molecule has 70 valence electrons. The van der Waals surface area contributed by atoms with Crippen molar-refractivity contribution in [2.45, 2.75) is 21.8 Å². The molecule has 1 aromatic rings. The Morgan fingerprint density at radius 2 is 1.50 bits per heavy atom. The molecule has 0 fully saturated rings. The van der Waals surface area contributed by atoms with Gasteiger partial charge in [0.25, 0.3) is 0 Å². The van der Waals surface area contributed by atoms with Crippen molar-refractivity contribution >= 4 is 13.2 Å². The molecule has 0 aliphatic carbocycles. The van der Waals surface area contributed by atoms with E-state index in [0.717, 1.165) is 0 Å². The number of rotatable bonds is 1. The average Bonchev–Trinajstić information content (AvgIpc) is 1.88. The molecule has 1 heteroatoms. The molecule has 0 amide bonds. The lowest BCUT2D eigenvalue weighted by Crippen LogP contribution is -2.02. The third kappa shape index (κ3) is 3.36. The van der Waals surface area contributed by atoms with Gasteiger partial charge in [-0.15, -0.1) is 0 Å². The third-order valence-corrected chi connectivity index (χ3v) is 3.06. The molecular weight excluding hydrogens is 163 g/mol. The summed E-state index contributed by atoms with van der Waals surface area (Å²) in [6.07, 6.45) is 0. The fourth-order valence-corrected chi connectivity index (χ4v) is 2.23. The predicted octanol–water partition coefficient (Wildman–Crippen LogP) is 3.63. The Bertz CT molecular complexity index is 216. The van der Waals surface area contributed by atoms with Crippen molar-refractivity contribution in [3.8, 4) is 0 Å². The van der Waals surface area contributed by atoms with Crippen LogP contribution in [0.1, 0.15) is 20.4 Å². The third-order valence-electron chi connectivity index (χ3n) is 1.60. The summed E-state index contributed by atoms with van der Waals surface area (Å²) in [7, 11) is 0.0836. The summed E-state index contributed by atoms with van der Waals surface area (Å²) in [6.45, 7) is 6.76. The fourth-order valence-electron chi connectivity index (χ4n) is 1.07. The first-order valence-corrected chi connectivity index (χ1v) is 5.68. The second kappa shape index (κ2) is 6.20. The first kappa shape index (κ1) is 14.2. The lowest BCUT2D eigenvalue weighted by Gasteiger charge is -2.07. The first-order chi connectivity index (χ1) is 4.72. The topological polar surface area (TPSA) is 0 Å². The Kier molecular flexibility index (Phi) is 7.33. The highest BCUT2D eigenvalue weighted by atomic mass is 31.1. The normalized spacial score (nSPS) is 8.67. The van der Waals surface area contributed by atoms with Gasteiger partial charge in [0.2, 0.25) is 0 Å². The van der Waals surface area contributed by atoms with Crippen LogP contribution >= 0.6 is 7.92 Å². The zero-order valence-corrected chi connectivity index (χ0v) is 7.65. The zero-order valence-electron chi connectivity index (χ0n) is 6.76. The van der Waals surface area contributed by atoms with Gasteiger partial charge in [-0.3, -0.25) is 0 Å². The molecule has 0 bridgehead atoms. The lowest BCUT2D eigenvalue weighted by molar-refractivity contribution is 1.52. The molecule has 1 aromatic carbocycles. The van der Waals surface area contributed by atoms with E-state index in [1.165, 1.54) is 10.9 Å². The summed E-state index contributed by atoms with van der Waals surface area (Å²) in [6, 6.07) is 8.61. The minimum Gasteiger partial charge on any atom is -0.0814 e. The molecule has 0 radical (unpaired) electrons. The van der Waals surface area contributed by atoms with E-state index < -0.39 is 0 Å². The first-order valence-electron chi connectivity index (χ1n) is 3.45. The molecule has 0 N–H and O–H groups in total. The lowest BCUT2D eigenvalue weighted by atomic mass is 10.2. The van der Waals surface area contributed by atoms with Crippen LogP contribution < -0.4 is 5.30 Å². The van der Waals surface area contributed by atoms with E-state index in [2.05, 4.69) is 44.5 Å². The summed E-state index contributed by atoms with van der Waals surface area (Å²) in [5.41, 5.74) is 1.43. The van der Waals surface area contributed by atoms with Gasteiger partial charge < -0.3 is 0 Å². The maximum Gasteiger partial charge on any atom is -0.0217 e. The summed E-state index contributed by atoms with van der Waals surface area (Å²) in [5.74, 6) is 0. The van der Waals surface area contributed by atoms with Gasteiger partial charge in [-0.25, -0.2) is 0 Å². The Labute approximate surface area is 78.8 Å². The van der Waals surface area contributed by atoms with E-state index in [0.29, 0.717) is 0 Å². The van der Waals surface area contributed by atoms with E-state index in [4.69, 9.17) is 0 Å². The summed E-state index contributed by atoms with van der Waals surface area (Å²) < 4.78 is 0. The van der Waals surface area contributed by atoms with Crippen LogP contribution in [0, 0.1) is 6.92 Å². The molecule has 0 aromatic heterocycles. The molecular formula is C11H21P. The second-order valence-corrected chi connectivity index (χ2v) is 4.95. The van der Waals surface area contributed by atoms with Gasteiger partial charge in [-0.05, 0) is 31.1 Å². The monoisotopic (exact) mass is 184 g/mol. The molecule has 0 atom stereocenters. The van der Waals surface area contributed by atoms with Crippen molar-refractivity contribution < 1.29 is 0 Å². The van der Waals surface area contributed by atoms with Gasteiger partial charge in [0.15, 0.2) is 0 Å². The van der Waals surface area contributed by atoms with Crippen molar-refractivity contribution in [2.75, 3.05) is 13.3 Å². The maximum absolute atomic E-state index is 2.29. The fraction of sp³-hybridized carbons (Fsp3) is 0.455. The largest absolute Gasteiger partial charge is 0.0814 e. The Morgan fingerprint density at radius 3 is 1.83 bits per heavy atom. The maximum atomic E-state index is 2.29. The average molecular weight is 184 g/mol. The van der Waals surface area contributed by atoms with Crippen LogP contribution in [0.4, 0.5) is 0 Å². The van der Waals surface area contributed by atoms with Gasteiger partial charge in [-0.2, -0.15) is 0 Å². The molecule has 0 unspecified atom stereocenters. The highest BCUT2D eigenvalue weighted by molar-refractivity contribution is 7.64. The van der Waals surface area contributed by atoms with Crippen molar-refractivity contribution in [3.05, 3.63) is 29.8 Å². The Morgan fingerprint density at radius 1 is 1.00 bits per heavy atom. The molecule has 1 rings (SSSR count). The van der Waals surface area contributed by atoms with Crippen LogP contribution in [0.15, 0.2) is 24.3 Å². The van der Waals surface area contributed by atoms with E-state index >= 15 is 0 Å². The summed E-state index contributed by atoms with van der Waals surface area (Å²) in [5, 5.41) is 1.53. The predicted molar refractivity (Wildman–Crippen MR) is 63.0 cm³/mol. The van der Waals surface area contributed by atoms with E-state index in [-0.39, 0.29) is 22.8 Å². The van der Waals surface area contributed by atoms with E-state index in [1.54, 1.807) is 0 Å². The van der Waals surface area contributed by atoms with Gasteiger partial charge in [-0.1, -0.05) is 47.0 Å². The van der Waals surface area contributed by atoms with Crippen LogP contribution in [0.2, 0.25) is 0 Å². The van der Waals surface area contributed by atoms with Crippen LogP contribution in [0.5, 0.6) is 0 Å².